The van der Waals surface area contributed by atoms with Gasteiger partial charge in [0.15, 0.2) is 6.16 Å². The summed E-state index contributed by atoms with van der Waals surface area (Å²) in [4.78, 5) is 13.8. The molecule has 92 valence electrons. The van der Waals surface area contributed by atoms with Crippen molar-refractivity contribution < 1.29 is 27.9 Å². The lowest BCUT2D eigenvalue weighted by Gasteiger charge is -2.20. The second-order valence-corrected chi connectivity index (χ2v) is 5.98. The van der Waals surface area contributed by atoms with Gasteiger partial charge in [0.1, 0.15) is 5.60 Å². The van der Waals surface area contributed by atoms with Gasteiger partial charge in [0.05, 0.1) is 0 Å². The van der Waals surface area contributed by atoms with Crippen molar-refractivity contribution >= 4 is 20.0 Å². The summed E-state index contributed by atoms with van der Waals surface area (Å²) in [6.07, 6.45) is -0.0125. The average molecular weight is 250 g/mol. The van der Waals surface area contributed by atoms with Gasteiger partial charge in [-0.05, 0) is 20.8 Å². The number of carbonyl (C=O) groups is 1. The van der Waals surface area contributed by atoms with Gasteiger partial charge in [-0.25, -0.2) is 4.57 Å². The molecule has 8 heteroatoms. The Bertz CT molecular complexity index is 343. The van der Waals surface area contributed by atoms with E-state index in [4.69, 9.17) is 10.3 Å². The fourth-order valence-corrected chi connectivity index (χ4v) is 1.63. The first-order chi connectivity index (χ1) is 7.22. The summed E-state index contributed by atoms with van der Waals surface area (Å²) >= 11 is 0. The Morgan fingerprint density at radius 2 is 2.06 bits per heavy atom. The molecule has 0 fully saturated rings. The van der Waals surface area contributed by atoms with E-state index in [9.17, 15) is 9.36 Å². The molecule has 0 aromatic rings. The third-order valence-electron chi connectivity index (χ3n) is 1.28. The number of hydrogen-bond acceptors (Lipinski definition) is 5. The molecule has 7 nitrogen and oxygen atoms in total. The molecule has 0 radical (unpaired) electrons. The normalized spacial score (nSPS) is 14.5. The van der Waals surface area contributed by atoms with Crippen LogP contribution in [0.15, 0.2) is 0 Å². The first-order valence-corrected chi connectivity index (χ1v) is 6.16. The van der Waals surface area contributed by atoms with Crippen molar-refractivity contribution in [3.63, 3.8) is 0 Å². The Morgan fingerprint density at radius 1 is 1.50 bits per heavy atom. The molecule has 16 heavy (non-hydrogen) atoms. The standard InChI is InChI=1S/C8H15N2O5P/c1-8(2,3)15-7(11)5-16(12,13-4)14-6-10-9/h6H,5H2,1-4H3. The molecule has 0 aliphatic rings. The Hall–Kier alpha value is -1.16. The lowest BCUT2D eigenvalue weighted by Crippen LogP contribution is -2.26. The quantitative estimate of drug-likeness (QED) is 0.183. The zero-order valence-corrected chi connectivity index (χ0v) is 10.6. The molecule has 0 saturated carbocycles. The van der Waals surface area contributed by atoms with Crippen LogP contribution in [0.3, 0.4) is 0 Å². The molecule has 0 bridgehead atoms. The van der Waals surface area contributed by atoms with E-state index in [0.29, 0.717) is 6.40 Å². The molecule has 0 heterocycles. The van der Waals surface area contributed by atoms with Crippen LogP contribution in [0.2, 0.25) is 0 Å². The van der Waals surface area contributed by atoms with E-state index in [1.165, 1.54) is 0 Å². The van der Waals surface area contributed by atoms with Gasteiger partial charge < -0.3 is 19.3 Å². The first kappa shape index (κ1) is 14.8. The van der Waals surface area contributed by atoms with Gasteiger partial charge >= 0.3 is 20.0 Å². The highest BCUT2D eigenvalue weighted by Gasteiger charge is 2.31. The third-order valence-corrected chi connectivity index (χ3v) is 2.89. The molecule has 0 aromatic carbocycles. The van der Waals surface area contributed by atoms with Gasteiger partial charge in [-0.2, -0.15) is 0 Å². The molecule has 0 aromatic heterocycles. The summed E-state index contributed by atoms with van der Waals surface area (Å²) in [6, 6.07) is 0. The molecule has 0 aliphatic heterocycles. The van der Waals surface area contributed by atoms with E-state index in [2.05, 4.69) is 13.8 Å². The molecular weight excluding hydrogens is 235 g/mol. The Kier molecular flexibility index (Phi) is 5.38. The summed E-state index contributed by atoms with van der Waals surface area (Å²) in [7, 11) is -2.52. The predicted octanol–water partition coefficient (Wildman–Crippen LogP) is 1.44. The topological polar surface area (TPSA) is 98.2 Å². The summed E-state index contributed by atoms with van der Waals surface area (Å²) < 4.78 is 25.7. The molecule has 0 N–H and O–H groups in total. The van der Waals surface area contributed by atoms with Crippen molar-refractivity contribution in [2.45, 2.75) is 26.4 Å². The smallest absolute Gasteiger partial charge is 0.444 e. The number of ether oxygens (including phenoxy) is 1. The van der Waals surface area contributed by atoms with Gasteiger partial charge in [-0.3, -0.25) is 4.79 Å². The number of hydrogen-bond donors (Lipinski definition) is 0. The van der Waals surface area contributed by atoms with Crippen LogP contribution in [-0.2, 0) is 23.1 Å². The van der Waals surface area contributed by atoms with Crippen LogP contribution < -0.4 is 0 Å². The van der Waals surface area contributed by atoms with E-state index in [-0.39, 0.29) is 0 Å². The predicted molar refractivity (Wildman–Crippen MR) is 56.1 cm³/mol. The monoisotopic (exact) mass is 250 g/mol. The lowest BCUT2D eigenvalue weighted by molar-refractivity contribution is -0.151. The number of carbonyl (C=O) groups excluding carboxylic acids is 1. The van der Waals surface area contributed by atoms with E-state index in [1.54, 1.807) is 20.8 Å². The second kappa shape index (κ2) is 5.80. The largest absolute Gasteiger partial charge is 0.459 e. The summed E-state index contributed by atoms with van der Waals surface area (Å²) in [5.74, 6) is -0.718. The van der Waals surface area contributed by atoms with Gasteiger partial charge in [0.2, 0.25) is 0 Å². The van der Waals surface area contributed by atoms with Crippen LogP contribution in [0, 0.1) is 0 Å². The molecular formula is C8H15N2O5P. The summed E-state index contributed by atoms with van der Waals surface area (Å²) in [6.45, 7) is 5.04. The average Bonchev–Trinajstić information content (AvgIpc) is 2.11. The Balaban J connectivity index is 4.49. The minimum Gasteiger partial charge on any atom is -0.459 e. The van der Waals surface area contributed by atoms with Crippen LogP contribution in [0.1, 0.15) is 20.8 Å². The Morgan fingerprint density at radius 3 is 2.44 bits per heavy atom. The minimum atomic E-state index is -3.64. The van der Waals surface area contributed by atoms with Crippen molar-refractivity contribution in [1.29, 1.82) is 0 Å². The van der Waals surface area contributed by atoms with Crippen LogP contribution in [0.5, 0.6) is 0 Å². The van der Waals surface area contributed by atoms with E-state index < -0.39 is 25.3 Å². The molecule has 0 aliphatic carbocycles. The maximum absolute atomic E-state index is 11.7. The van der Waals surface area contributed by atoms with Gasteiger partial charge in [0, 0.05) is 7.11 Å². The van der Waals surface area contributed by atoms with E-state index >= 15 is 0 Å². The first-order valence-electron chi connectivity index (χ1n) is 4.43. The molecule has 0 saturated heterocycles. The molecule has 1 atom stereocenters. The van der Waals surface area contributed by atoms with E-state index in [0.717, 1.165) is 7.11 Å². The zero-order chi connectivity index (χ0) is 12.8. The third kappa shape index (κ3) is 6.35. The highest BCUT2D eigenvalue weighted by atomic mass is 31.2. The maximum atomic E-state index is 11.7. The number of esters is 1. The highest BCUT2D eigenvalue weighted by molar-refractivity contribution is 7.55. The van der Waals surface area contributed by atoms with Gasteiger partial charge in [-0.15, -0.1) is 4.79 Å². The van der Waals surface area contributed by atoms with Crippen molar-refractivity contribution in [3.05, 3.63) is 5.53 Å². The number of nitrogens with zero attached hydrogens (tertiary/aromatic N) is 2. The SMILES string of the molecule is COP(=O)(CC(=O)OC(C)(C)C)OC=[N+]=[N-]. The van der Waals surface area contributed by atoms with Crippen molar-refractivity contribution in [2.75, 3.05) is 13.3 Å². The van der Waals surface area contributed by atoms with Crippen molar-refractivity contribution in [2.24, 2.45) is 0 Å². The van der Waals surface area contributed by atoms with E-state index in [1.807, 2.05) is 0 Å². The summed E-state index contributed by atoms with van der Waals surface area (Å²) in [5.41, 5.74) is 7.42. The zero-order valence-electron chi connectivity index (χ0n) is 9.67. The van der Waals surface area contributed by atoms with Crippen molar-refractivity contribution in [1.82, 2.24) is 0 Å². The fraction of sp³-hybridized carbons (Fsp3) is 0.750. The van der Waals surface area contributed by atoms with Gasteiger partial charge in [-0.1, -0.05) is 0 Å². The van der Waals surface area contributed by atoms with Gasteiger partial charge in [0.25, 0.3) is 0 Å². The Labute approximate surface area is 93.8 Å². The van der Waals surface area contributed by atoms with Crippen molar-refractivity contribution in [3.8, 4) is 0 Å². The molecule has 0 spiro atoms. The second-order valence-electron chi connectivity index (χ2n) is 3.86. The highest BCUT2D eigenvalue weighted by Crippen LogP contribution is 2.46. The fourth-order valence-electron chi connectivity index (χ4n) is 0.770. The van der Waals surface area contributed by atoms with Crippen LogP contribution in [0.4, 0.5) is 0 Å². The lowest BCUT2D eigenvalue weighted by atomic mass is 10.2. The summed E-state index contributed by atoms with van der Waals surface area (Å²) in [5, 5.41) is 0. The number of rotatable bonds is 5. The maximum Gasteiger partial charge on any atom is 0.444 e. The van der Waals surface area contributed by atoms with Crippen LogP contribution >= 0.6 is 7.60 Å². The van der Waals surface area contributed by atoms with Crippen LogP contribution in [-0.4, -0.2) is 36.0 Å². The molecule has 0 amide bonds. The van der Waals surface area contributed by atoms with Crippen LogP contribution in [0.25, 0.3) is 5.53 Å². The molecule has 0 rings (SSSR count). The molecule has 1 unspecified atom stereocenters. The minimum absolute atomic E-state index is 0.536.